The zero-order valence-corrected chi connectivity index (χ0v) is 11.4. The van der Waals surface area contributed by atoms with Crippen molar-refractivity contribution in [1.82, 2.24) is 0 Å². The van der Waals surface area contributed by atoms with Crippen molar-refractivity contribution < 1.29 is 6.51 Å². The number of fused-ring (bicyclic) bond motifs is 10. The first-order valence-corrected chi connectivity index (χ1v) is 14.2. The Labute approximate surface area is 87.8 Å². The van der Waals surface area contributed by atoms with E-state index < -0.39 is 6.51 Å². The van der Waals surface area contributed by atoms with Gasteiger partial charge in [-0.2, -0.15) is 0 Å². The minimum absolute atomic E-state index is 1.34. The SMILES string of the molecule is CCCCC.[CH]12[CH]3[CH]4[CH]5[CH]1[Fe]23451678[CH]2[CH]1[CH]6[CH]7[CH]28. The normalized spacial score (nSPS) is 120. The second kappa shape index (κ2) is 0.531. The molecule has 10 aliphatic heterocycles. The molecule has 0 amide bonds. The second-order valence-corrected chi connectivity index (χ2v) is 34.9. The molecule has 0 aromatic carbocycles. The fraction of sp³-hybridized carbons (Fsp3) is 1.00. The summed E-state index contributed by atoms with van der Waals surface area (Å²) in [7, 11) is 0. The van der Waals surface area contributed by atoms with E-state index in [1.54, 1.807) is 48.2 Å². The van der Waals surface area contributed by atoms with Crippen LogP contribution in [-0.2, 0) is 6.51 Å². The van der Waals surface area contributed by atoms with Gasteiger partial charge in [0.25, 0.3) is 0 Å². The Bertz CT molecular complexity index is 617. The zero-order chi connectivity index (χ0) is 10.2. The third-order valence-corrected chi connectivity index (χ3v) is 57.2. The fourth-order valence-corrected chi connectivity index (χ4v) is 88.3. The van der Waals surface area contributed by atoms with Crippen molar-refractivity contribution in [1.29, 1.82) is 0 Å². The predicted octanol–water partition coefficient (Wildman–Crippen LogP) is 5.57. The molecule has 0 atom stereocenters. The van der Waals surface area contributed by atoms with E-state index in [1.165, 1.54) is 19.3 Å². The summed E-state index contributed by atoms with van der Waals surface area (Å²) in [4.78, 5) is 15.9. The quantitative estimate of drug-likeness (QED) is 0.568. The summed E-state index contributed by atoms with van der Waals surface area (Å²) in [6.45, 7) is 2.14. The van der Waals surface area contributed by atoms with Crippen LogP contribution in [0, 0.1) is 0 Å². The van der Waals surface area contributed by atoms with Crippen LogP contribution in [0.15, 0.2) is 0 Å². The first-order valence-electron chi connectivity index (χ1n) is 7.79. The Morgan fingerprint density at radius 3 is 0.812 bits per heavy atom. The molecule has 10 fully saturated rings. The Balaban J connectivity index is 0.000000105. The molecule has 0 aromatic rings. The molecule has 0 unspecified atom stereocenters. The summed E-state index contributed by atoms with van der Waals surface area (Å²) in [6, 6.07) is 0. The van der Waals surface area contributed by atoms with Crippen molar-refractivity contribution in [2.75, 3.05) is 0 Å². The molecule has 1 heteroatoms. The number of unbranched alkanes of at least 4 members (excludes halogenated alkanes) is 2. The molecule has 10 aliphatic rings. The van der Waals surface area contributed by atoms with E-state index in [0.29, 0.717) is 0 Å². The van der Waals surface area contributed by atoms with Gasteiger partial charge in [0.2, 0.25) is 0 Å². The molecule has 90 valence electrons. The molecule has 10 rings (SSSR count). The van der Waals surface area contributed by atoms with Crippen LogP contribution in [0.4, 0.5) is 0 Å². The van der Waals surface area contributed by atoms with Gasteiger partial charge in [-0.15, -0.1) is 0 Å². The Hall–Kier alpha value is 0.519. The molecule has 0 bridgehead atoms. The predicted molar refractivity (Wildman–Crippen MR) is 62.7 cm³/mol. The van der Waals surface area contributed by atoms with Gasteiger partial charge >= 0.3 is 54.7 Å². The third-order valence-electron chi connectivity index (χ3n) is 15.2. The second-order valence-electron chi connectivity index (χ2n) is 10.9. The van der Waals surface area contributed by atoms with Crippen molar-refractivity contribution in [2.24, 2.45) is 0 Å². The van der Waals surface area contributed by atoms with Gasteiger partial charge in [0.1, 0.15) is 0 Å². The average Bonchev–Trinajstić information content (AvgIpc) is 3.25. The van der Waals surface area contributed by atoms with Crippen LogP contribution in [0.1, 0.15) is 33.1 Å². The molecule has 0 saturated carbocycles. The van der Waals surface area contributed by atoms with Crippen LogP contribution in [0.3, 0.4) is 0 Å². The molecule has 0 aliphatic carbocycles. The first kappa shape index (κ1) is 6.62. The van der Waals surface area contributed by atoms with Crippen molar-refractivity contribution in [2.45, 2.75) is 81.3 Å². The first-order chi connectivity index (χ1) is 7.57. The van der Waals surface area contributed by atoms with Crippen LogP contribution in [-0.4, -0.2) is 0 Å². The van der Waals surface area contributed by atoms with E-state index in [4.69, 9.17) is 0 Å². The summed E-state index contributed by atoms with van der Waals surface area (Å²) in [5.74, 6) is 0. The van der Waals surface area contributed by atoms with E-state index in [2.05, 4.69) is 13.8 Å². The van der Waals surface area contributed by atoms with E-state index >= 15 is 0 Å². The van der Waals surface area contributed by atoms with Crippen LogP contribution in [0.25, 0.3) is 0 Å². The Morgan fingerprint density at radius 2 is 0.812 bits per heavy atom. The summed E-state index contributed by atoms with van der Waals surface area (Å²) >= 11 is 0. The van der Waals surface area contributed by atoms with Crippen LogP contribution < -0.4 is 0 Å². The van der Waals surface area contributed by atoms with Crippen LogP contribution >= 0.6 is 0 Å². The van der Waals surface area contributed by atoms with E-state index in [9.17, 15) is 0 Å². The zero-order valence-electron chi connectivity index (χ0n) is 10.2. The topological polar surface area (TPSA) is 0 Å². The fourth-order valence-electron chi connectivity index (χ4n) is 16.2. The average molecular weight is 258 g/mol. The molecule has 10 saturated heterocycles. The van der Waals surface area contributed by atoms with Gasteiger partial charge in [-0.05, 0) is 0 Å². The number of hydrogen-bond acceptors (Lipinski definition) is 0. The molecule has 0 radical (unpaired) electrons. The van der Waals surface area contributed by atoms with Gasteiger partial charge < -0.3 is 0 Å². The number of hydrogen-bond donors (Lipinski definition) is 0. The minimum atomic E-state index is -2.28. The Kier molecular flexibility index (Phi) is 0.219. The maximum atomic E-state index is 2.21. The molecule has 16 heavy (non-hydrogen) atoms. The van der Waals surface area contributed by atoms with Crippen molar-refractivity contribution in [3.05, 3.63) is 0 Å². The molecular weight excluding hydrogens is 236 g/mol. The van der Waals surface area contributed by atoms with Gasteiger partial charge in [-0.3, -0.25) is 0 Å². The van der Waals surface area contributed by atoms with Gasteiger partial charge in [-0.25, -0.2) is 0 Å². The van der Waals surface area contributed by atoms with Gasteiger partial charge in [0, 0.05) is 0 Å². The number of rotatable bonds is 2. The standard InChI is InChI=1S/2C5H5.C5H12.Fe/c2*1-2-4-5-3-1;1-3-5-4-2;/h2*1-5H;3-5H2,1-2H3;. The van der Waals surface area contributed by atoms with Gasteiger partial charge in [0.05, 0.1) is 0 Å². The van der Waals surface area contributed by atoms with Crippen LogP contribution in [0.5, 0.6) is 0 Å². The van der Waals surface area contributed by atoms with Crippen molar-refractivity contribution >= 4 is 0 Å². The van der Waals surface area contributed by atoms with E-state index in [-0.39, 0.29) is 0 Å². The third kappa shape index (κ3) is 0.0647. The van der Waals surface area contributed by atoms with Crippen LogP contribution in [0.2, 0.25) is 48.2 Å². The van der Waals surface area contributed by atoms with E-state index in [0.717, 1.165) is 0 Å². The summed E-state index contributed by atoms with van der Waals surface area (Å²) in [6.07, 6.45) is 4.08. The van der Waals surface area contributed by atoms with Crippen molar-refractivity contribution in [3.63, 3.8) is 0 Å². The van der Waals surface area contributed by atoms with Gasteiger partial charge in [-0.1, -0.05) is 33.1 Å². The summed E-state index contributed by atoms with van der Waals surface area (Å²) < 4.78 is 0. The van der Waals surface area contributed by atoms with Crippen molar-refractivity contribution in [3.8, 4) is 0 Å². The summed E-state index contributed by atoms with van der Waals surface area (Å²) in [5, 5.41) is 0. The molecular formula is C15H22Fe. The maximum absolute atomic E-state index is 2.28. The molecule has 0 nitrogen and oxygen atoms in total. The molecule has 1 spiro atoms. The van der Waals surface area contributed by atoms with E-state index in [1.807, 2.05) is 0 Å². The Morgan fingerprint density at radius 1 is 0.562 bits per heavy atom. The van der Waals surface area contributed by atoms with Gasteiger partial charge in [0.15, 0.2) is 0 Å². The molecule has 0 aromatic heterocycles. The summed E-state index contributed by atoms with van der Waals surface area (Å²) in [5.41, 5.74) is 0. The monoisotopic (exact) mass is 258 g/mol. The molecule has 10 heterocycles. The molecule has 0 N–H and O–H groups in total.